The lowest BCUT2D eigenvalue weighted by molar-refractivity contribution is 0.0922. The normalized spacial score (nSPS) is 20.4. The predicted molar refractivity (Wildman–Crippen MR) is 73.3 cm³/mol. The molecule has 1 saturated heterocycles. The molecule has 19 heavy (non-hydrogen) atoms. The third kappa shape index (κ3) is 3.75. The van der Waals surface area contributed by atoms with Crippen LogP contribution in [0.1, 0.15) is 54.2 Å². The maximum atomic E-state index is 12.0. The summed E-state index contributed by atoms with van der Waals surface area (Å²) in [7, 11) is 0. The molecule has 2 N–H and O–H groups in total. The average molecular weight is 284 g/mol. The molecule has 2 heterocycles. The maximum Gasteiger partial charge on any atom is 0.270 e. The lowest BCUT2D eigenvalue weighted by Crippen LogP contribution is -2.35. The molecule has 1 fully saturated rings. The fourth-order valence-electron chi connectivity index (χ4n) is 2.11. The van der Waals surface area contributed by atoms with Crippen LogP contribution >= 0.6 is 11.3 Å². The molecule has 0 aromatic carbocycles. The van der Waals surface area contributed by atoms with Gasteiger partial charge in [-0.25, -0.2) is 4.98 Å². The van der Waals surface area contributed by atoms with Crippen LogP contribution in [0.5, 0.6) is 0 Å². The number of nitrogens with zero attached hydrogens (tertiary/aromatic N) is 1. The Kier molecular flexibility index (Phi) is 5.30. The van der Waals surface area contributed by atoms with E-state index in [4.69, 9.17) is 9.84 Å². The van der Waals surface area contributed by atoms with Crippen LogP contribution in [0.3, 0.4) is 0 Å². The molecular weight excluding hydrogens is 264 g/mol. The molecule has 0 bridgehead atoms. The number of aromatic nitrogens is 1. The van der Waals surface area contributed by atoms with Crippen LogP contribution in [-0.4, -0.2) is 35.3 Å². The minimum Gasteiger partial charge on any atom is -0.396 e. The van der Waals surface area contributed by atoms with Crippen LogP contribution in [-0.2, 0) is 4.74 Å². The van der Waals surface area contributed by atoms with Gasteiger partial charge in [-0.15, -0.1) is 11.3 Å². The zero-order chi connectivity index (χ0) is 13.7. The number of amides is 1. The van der Waals surface area contributed by atoms with Gasteiger partial charge in [0, 0.05) is 24.6 Å². The minimum atomic E-state index is -0.166. The number of hydrogen-bond acceptors (Lipinski definition) is 5. The summed E-state index contributed by atoms with van der Waals surface area (Å²) in [6, 6.07) is 0.00498. The molecule has 1 aliphatic heterocycles. The van der Waals surface area contributed by atoms with E-state index < -0.39 is 0 Å². The van der Waals surface area contributed by atoms with Crippen LogP contribution in [0.4, 0.5) is 0 Å². The smallest absolute Gasteiger partial charge is 0.270 e. The second kappa shape index (κ2) is 6.98. The summed E-state index contributed by atoms with van der Waals surface area (Å²) in [6.45, 7) is 2.84. The highest BCUT2D eigenvalue weighted by molar-refractivity contribution is 7.09. The van der Waals surface area contributed by atoms with Crippen LogP contribution in [0, 0.1) is 0 Å². The monoisotopic (exact) mass is 284 g/mol. The fourth-order valence-corrected chi connectivity index (χ4v) is 2.99. The number of aliphatic hydroxyl groups is 1. The summed E-state index contributed by atoms with van der Waals surface area (Å²) in [5.74, 6) is -0.166. The highest BCUT2D eigenvalue weighted by Crippen LogP contribution is 2.30. The Morgan fingerprint density at radius 1 is 1.74 bits per heavy atom. The summed E-state index contributed by atoms with van der Waals surface area (Å²) in [5.41, 5.74) is 0.451. The van der Waals surface area contributed by atoms with Gasteiger partial charge in [-0.05, 0) is 25.7 Å². The van der Waals surface area contributed by atoms with Gasteiger partial charge in [-0.3, -0.25) is 4.79 Å². The Morgan fingerprint density at radius 3 is 3.21 bits per heavy atom. The second-order valence-electron chi connectivity index (χ2n) is 4.66. The molecule has 106 valence electrons. The number of ether oxygens (including phenoxy) is 1. The van der Waals surface area contributed by atoms with Crippen LogP contribution in [0.15, 0.2) is 5.38 Å². The van der Waals surface area contributed by atoms with Crippen molar-refractivity contribution in [1.29, 1.82) is 0 Å². The second-order valence-corrected chi connectivity index (χ2v) is 5.55. The van der Waals surface area contributed by atoms with Crippen molar-refractivity contribution < 1.29 is 14.6 Å². The lowest BCUT2D eigenvalue weighted by Gasteiger charge is -2.14. The SMILES string of the molecule is CCC(CCO)NC(=O)c1csc(C2CCCO2)n1. The molecule has 2 atom stereocenters. The number of nitrogens with one attached hydrogen (secondary N) is 1. The number of thiazole rings is 1. The molecule has 2 unspecified atom stereocenters. The summed E-state index contributed by atoms with van der Waals surface area (Å²) in [5, 5.41) is 14.5. The number of aliphatic hydroxyl groups excluding tert-OH is 1. The van der Waals surface area contributed by atoms with Gasteiger partial charge >= 0.3 is 0 Å². The van der Waals surface area contributed by atoms with Gasteiger partial charge in [-0.2, -0.15) is 0 Å². The van der Waals surface area contributed by atoms with Crippen molar-refractivity contribution >= 4 is 17.2 Å². The number of carbonyl (C=O) groups is 1. The maximum absolute atomic E-state index is 12.0. The van der Waals surface area contributed by atoms with Gasteiger partial charge in [0.2, 0.25) is 0 Å². The van der Waals surface area contributed by atoms with Crippen LogP contribution in [0.25, 0.3) is 0 Å². The molecule has 6 heteroatoms. The fraction of sp³-hybridized carbons (Fsp3) is 0.692. The van der Waals surface area contributed by atoms with E-state index in [1.54, 1.807) is 5.38 Å². The number of hydrogen-bond donors (Lipinski definition) is 2. The van der Waals surface area contributed by atoms with Crippen molar-refractivity contribution in [3.05, 3.63) is 16.1 Å². The van der Waals surface area contributed by atoms with E-state index in [0.29, 0.717) is 12.1 Å². The van der Waals surface area contributed by atoms with Gasteiger partial charge in [0.05, 0.1) is 0 Å². The Hall–Kier alpha value is -0.980. The quantitative estimate of drug-likeness (QED) is 0.836. The molecule has 0 saturated carbocycles. The third-order valence-corrected chi connectivity index (χ3v) is 4.20. The Labute approximate surface area is 117 Å². The van der Waals surface area contributed by atoms with Crippen molar-refractivity contribution in [2.24, 2.45) is 0 Å². The van der Waals surface area contributed by atoms with E-state index in [1.807, 2.05) is 6.92 Å². The minimum absolute atomic E-state index is 0.00498. The highest BCUT2D eigenvalue weighted by atomic mass is 32.1. The van der Waals surface area contributed by atoms with E-state index in [9.17, 15) is 4.79 Å². The first-order chi connectivity index (χ1) is 9.24. The molecule has 1 amide bonds. The topological polar surface area (TPSA) is 71.5 Å². The number of rotatable bonds is 6. The van der Waals surface area contributed by atoms with E-state index in [0.717, 1.165) is 30.9 Å². The molecule has 0 aliphatic carbocycles. The van der Waals surface area contributed by atoms with Crippen molar-refractivity contribution in [1.82, 2.24) is 10.3 Å². The summed E-state index contributed by atoms with van der Waals surface area (Å²) in [4.78, 5) is 16.4. The van der Waals surface area contributed by atoms with Gasteiger partial charge in [-0.1, -0.05) is 6.92 Å². The van der Waals surface area contributed by atoms with Gasteiger partial charge in [0.25, 0.3) is 5.91 Å². The summed E-state index contributed by atoms with van der Waals surface area (Å²) < 4.78 is 5.56. The van der Waals surface area contributed by atoms with Crippen LogP contribution < -0.4 is 5.32 Å². The molecule has 1 aromatic heterocycles. The molecule has 0 radical (unpaired) electrons. The summed E-state index contributed by atoms with van der Waals surface area (Å²) in [6.07, 6.45) is 3.47. The van der Waals surface area contributed by atoms with E-state index in [-0.39, 0.29) is 24.7 Å². The predicted octanol–water partition coefficient (Wildman–Crippen LogP) is 1.89. The highest BCUT2D eigenvalue weighted by Gasteiger charge is 2.22. The zero-order valence-electron chi connectivity index (χ0n) is 11.1. The Bertz CT molecular complexity index is 416. The number of carbonyl (C=O) groups excluding carboxylic acids is 1. The molecule has 1 aliphatic rings. The average Bonchev–Trinajstić information content (AvgIpc) is 3.08. The van der Waals surface area contributed by atoms with E-state index in [2.05, 4.69) is 10.3 Å². The largest absolute Gasteiger partial charge is 0.396 e. The van der Waals surface area contributed by atoms with Gasteiger partial charge in [0.15, 0.2) is 0 Å². The zero-order valence-corrected chi connectivity index (χ0v) is 11.9. The van der Waals surface area contributed by atoms with Crippen LogP contribution in [0.2, 0.25) is 0 Å². The third-order valence-electron chi connectivity index (χ3n) is 3.27. The van der Waals surface area contributed by atoms with Gasteiger partial charge < -0.3 is 15.2 Å². The Morgan fingerprint density at radius 2 is 2.58 bits per heavy atom. The molecule has 5 nitrogen and oxygen atoms in total. The van der Waals surface area contributed by atoms with E-state index >= 15 is 0 Å². The lowest BCUT2D eigenvalue weighted by atomic mass is 10.1. The molecule has 0 spiro atoms. The van der Waals surface area contributed by atoms with Crippen molar-refractivity contribution in [2.75, 3.05) is 13.2 Å². The molecule has 2 rings (SSSR count). The van der Waals surface area contributed by atoms with E-state index in [1.165, 1.54) is 11.3 Å². The Balaban J connectivity index is 1.95. The first kappa shape index (κ1) is 14.4. The van der Waals surface area contributed by atoms with Gasteiger partial charge in [0.1, 0.15) is 16.8 Å². The first-order valence-corrected chi connectivity index (χ1v) is 7.61. The molecule has 1 aromatic rings. The van der Waals surface area contributed by atoms with Crippen molar-refractivity contribution in [3.63, 3.8) is 0 Å². The molecular formula is C13H20N2O3S. The standard InChI is InChI=1S/C13H20N2O3S/c1-2-9(5-6-16)14-12(17)10-8-19-13(15-10)11-4-3-7-18-11/h8-9,11,16H,2-7H2,1H3,(H,14,17). The first-order valence-electron chi connectivity index (χ1n) is 6.73. The van der Waals surface area contributed by atoms with Crippen molar-refractivity contribution in [3.8, 4) is 0 Å². The van der Waals surface area contributed by atoms with Crippen molar-refractivity contribution in [2.45, 2.75) is 44.8 Å². The summed E-state index contributed by atoms with van der Waals surface area (Å²) >= 11 is 1.48.